The number of halogens is 1. The molecule has 0 saturated heterocycles. The van der Waals surface area contributed by atoms with Crippen LogP contribution in [0.5, 0.6) is 0 Å². The Morgan fingerprint density at radius 3 is 2.71 bits per heavy atom. The van der Waals surface area contributed by atoms with Gasteiger partial charge < -0.3 is 11.5 Å². The Balaban J connectivity index is 3.23. The monoisotopic (exact) mass is 192 g/mol. The molecular weight excluding hydrogens is 183 g/mol. The van der Waals surface area contributed by atoms with Gasteiger partial charge in [-0.05, 0) is 30.5 Å². The first-order valence-corrected chi connectivity index (χ1v) is 3.88. The van der Waals surface area contributed by atoms with Crippen molar-refractivity contribution in [2.24, 2.45) is 5.73 Å². The zero-order valence-corrected chi connectivity index (χ0v) is 7.60. The van der Waals surface area contributed by atoms with Gasteiger partial charge in [-0.15, -0.1) is 0 Å². The fraction of sp³-hybridized carbons (Fsp3) is 0.100. The molecule has 0 aromatic heterocycles. The highest BCUT2D eigenvalue weighted by molar-refractivity contribution is 5.92. The number of rotatable bonds is 0. The molecule has 1 rings (SSSR count). The van der Waals surface area contributed by atoms with Crippen molar-refractivity contribution in [1.82, 2.24) is 0 Å². The minimum Gasteiger partial charge on any atom is -0.398 e. The number of carbonyl (C=O) groups excluding carboxylic acids is 1. The topological polar surface area (TPSA) is 69.1 Å². The molecule has 0 saturated carbocycles. The normalized spacial score (nSPS) is 9.00. The van der Waals surface area contributed by atoms with Crippen LogP contribution in [0.3, 0.4) is 0 Å². The Hall–Kier alpha value is -2.02. The molecular formula is C10H9FN2O. The summed E-state index contributed by atoms with van der Waals surface area (Å²) in [7, 11) is 0. The van der Waals surface area contributed by atoms with E-state index in [9.17, 15) is 9.18 Å². The summed E-state index contributed by atoms with van der Waals surface area (Å²) in [5.74, 6) is 3.33. The van der Waals surface area contributed by atoms with Crippen LogP contribution in [-0.2, 0) is 4.79 Å². The summed E-state index contributed by atoms with van der Waals surface area (Å²) in [4.78, 5) is 10.4. The zero-order chi connectivity index (χ0) is 10.7. The lowest BCUT2D eigenvalue weighted by atomic mass is 10.1. The second-order valence-electron chi connectivity index (χ2n) is 2.78. The van der Waals surface area contributed by atoms with Crippen molar-refractivity contribution in [2.45, 2.75) is 6.92 Å². The quantitative estimate of drug-likeness (QED) is 0.465. The number of anilines is 1. The van der Waals surface area contributed by atoms with E-state index < -0.39 is 11.7 Å². The third-order valence-corrected chi connectivity index (χ3v) is 1.73. The molecule has 0 fully saturated rings. The molecule has 0 radical (unpaired) electrons. The number of carbonyl (C=O) groups is 1. The van der Waals surface area contributed by atoms with E-state index in [1.807, 2.05) is 0 Å². The summed E-state index contributed by atoms with van der Waals surface area (Å²) in [5, 5.41) is 0. The molecule has 0 atom stereocenters. The third kappa shape index (κ3) is 2.23. The van der Waals surface area contributed by atoms with Gasteiger partial charge >= 0.3 is 0 Å². The number of nitrogens with two attached hydrogens (primary N) is 2. The molecule has 1 amide bonds. The van der Waals surface area contributed by atoms with Gasteiger partial charge in [-0.2, -0.15) is 0 Å². The summed E-state index contributed by atoms with van der Waals surface area (Å²) < 4.78 is 12.9. The van der Waals surface area contributed by atoms with Gasteiger partial charge in [-0.3, -0.25) is 4.79 Å². The van der Waals surface area contributed by atoms with E-state index in [2.05, 4.69) is 11.8 Å². The highest BCUT2D eigenvalue weighted by Crippen LogP contribution is 2.16. The van der Waals surface area contributed by atoms with Crippen molar-refractivity contribution in [3.8, 4) is 11.8 Å². The molecule has 0 aliphatic carbocycles. The zero-order valence-electron chi connectivity index (χ0n) is 7.60. The van der Waals surface area contributed by atoms with Gasteiger partial charge in [0.25, 0.3) is 5.91 Å². The van der Waals surface area contributed by atoms with Crippen molar-refractivity contribution < 1.29 is 9.18 Å². The van der Waals surface area contributed by atoms with E-state index in [0.29, 0.717) is 16.8 Å². The van der Waals surface area contributed by atoms with Gasteiger partial charge in [0.15, 0.2) is 0 Å². The SMILES string of the molecule is Cc1c(N)cc(F)cc1C#CC(N)=O. The number of amides is 1. The Kier molecular flexibility index (Phi) is 2.73. The van der Waals surface area contributed by atoms with Gasteiger partial charge in [-0.25, -0.2) is 4.39 Å². The molecule has 0 spiro atoms. The first-order chi connectivity index (χ1) is 6.50. The van der Waals surface area contributed by atoms with Gasteiger partial charge in [0.2, 0.25) is 0 Å². The predicted molar refractivity (Wildman–Crippen MR) is 51.6 cm³/mol. The summed E-state index contributed by atoms with van der Waals surface area (Å²) in [6.07, 6.45) is 0. The number of nitrogen functional groups attached to an aromatic ring is 1. The Morgan fingerprint density at radius 1 is 1.50 bits per heavy atom. The van der Waals surface area contributed by atoms with Crippen molar-refractivity contribution in [2.75, 3.05) is 5.73 Å². The fourth-order valence-electron chi connectivity index (χ4n) is 0.959. The van der Waals surface area contributed by atoms with Crippen LogP contribution >= 0.6 is 0 Å². The van der Waals surface area contributed by atoms with E-state index in [1.165, 1.54) is 12.1 Å². The molecule has 0 unspecified atom stereocenters. The summed E-state index contributed by atoms with van der Waals surface area (Å²) >= 11 is 0. The summed E-state index contributed by atoms with van der Waals surface area (Å²) in [6, 6.07) is 2.41. The van der Waals surface area contributed by atoms with Crippen LogP contribution in [0.4, 0.5) is 10.1 Å². The molecule has 1 aromatic carbocycles. The fourth-order valence-corrected chi connectivity index (χ4v) is 0.959. The summed E-state index contributed by atoms with van der Waals surface area (Å²) in [5.41, 5.74) is 11.7. The molecule has 0 heterocycles. The third-order valence-electron chi connectivity index (χ3n) is 1.73. The average molecular weight is 192 g/mol. The molecule has 0 bridgehead atoms. The van der Waals surface area contributed by atoms with E-state index in [0.717, 1.165) is 0 Å². The van der Waals surface area contributed by atoms with Gasteiger partial charge in [0.05, 0.1) is 0 Å². The van der Waals surface area contributed by atoms with Crippen molar-refractivity contribution in [3.63, 3.8) is 0 Å². The Bertz CT molecular complexity index is 443. The van der Waals surface area contributed by atoms with Gasteiger partial charge in [-0.1, -0.05) is 5.92 Å². The van der Waals surface area contributed by atoms with Crippen LogP contribution < -0.4 is 11.5 Å². The second-order valence-corrected chi connectivity index (χ2v) is 2.78. The molecule has 1 aromatic rings. The number of hydrogen-bond acceptors (Lipinski definition) is 2. The van der Waals surface area contributed by atoms with Gasteiger partial charge in [0, 0.05) is 11.3 Å². The van der Waals surface area contributed by atoms with Crippen LogP contribution in [0.1, 0.15) is 11.1 Å². The molecule has 4 heteroatoms. The lowest BCUT2D eigenvalue weighted by Crippen LogP contribution is -2.06. The maximum atomic E-state index is 12.9. The Morgan fingerprint density at radius 2 is 2.14 bits per heavy atom. The van der Waals surface area contributed by atoms with E-state index in [4.69, 9.17) is 11.5 Å². The van der Waals surface area contributed by atoms with Crippen LogP contribution in [0, 0.1) is 24.6 Å². The smallest absolute Gasteiger partial charge is 0.293 e. The maximum absolute atomic E-state index is 12.9. The highest BCUT2D eigenvalue weighted by Gasteiger charge is 2.02. The van der Waals surface area contributed by atoms with E-state index in [-0.39, 0.29) is 0 Å². The molecule has 14 heavy (non-hydrogen) atoms. The van der Waals surface area contributed by atoms with Crippen molar-refractivity contribution in [1.29, 1.82) is 0 Å². The molecule has 0 aliphatic heterocycles. The molecule has 0 aliphatic rings. The first-order valence-electron chi connectivity index (χ1n) is 3.88. The molecule has 4 N–H and O–H groups in total. The minimum absolute atomic E-state index is 0.304. The van der Waals surface area contributed by atoms with Crippen molar-refractivity contribution in [3.05, 3.63) is 29.1 Å². The summed E-state index contributed by atoms with van der Waals surface area (Å²) in [6.45, 7) is 1.69. The minimum atomic E-state index is -0.757. The average Bonchev–Trinajstić information content (AvgIpc) is 2.08. The number of primary amides is 1. The van der Waals surface area contributed by atoms with Gasteiger partial charge in [0.1, 0.15) is 5.82 Å². The molecule has 3 nitrogen and oxygen atoms in total. The van der Waals surface area contributed by atoms with Crippen LogP contribution in [0.2, 0.25) is 0 Å². The largest absolute Gasteiger partial charge is 0.398 e. The highest BCUT2D eigenvalue weighted by atomic mass is 19.1. The van der Waals surface area contributed by atoms with E-state index >= 15 is 0 Å². The van der Waals surface area contributed by atoms with Crippen LogP contribution in [0.25, 0.3) is 0 Å². The number of hydrogen-bond donors (Lipinski definition) is 2. The number of benzene rings is 1. The Labute approximate surface area is 80.9 Å². The van der Waals surface area contributed by atoms with Crippen LogP contribution in [0.15, 0.2) is 12.1 Å². The standard InChI is InChI=1S/C10H9FN2O/c1-6-7(2-3-10(13)14)4-8(11)5-9(6)12/h4-5H,12H2,1H3,(H2,13,14). The first kappa shape index (κ1) is 10.1. The van der Waals surface area contributed by atoms with Crippen molar-refractivity contribution >= 4 is 11.6 Å². The lowest BCUT2D eigenvalue weighted by Gasteiger charge is -2.02. The van der Waals surface area contributed by atoms with Crippen LogP contribution in [-0.4, -0.2) is 5.91 Å². The second kappa shape index (κ2) is 3.79. The maximum Gasteiger partial charge on any atom is 0.293 e. The molecule has 72 valence electrons. The van der Waals surface area contributed by atoms with E-state index in [1.54, 1.807) is 6.92 Å². The lowest BCUT2D eigenvalue weighted by molar-refractivity contribution is -0.112. The predicted octanol–water partition coefficient (Wildman–Crippen LogP) is 0.553.